The molecule has 0 aliphatic rings. The molecule has 0 rings (SSSR count). The van der Waals surface area contributed by atoms with Gasteiger partial charge in [0.05, 0.1) is 20.3 Å². The number of carbonyl (C=O) groups is 1. The van der Waals surface area contributed by atoms with Gasteiger partial charge in [0.2, 0.25) is 0 Å². The van der Waals surface area contributed by atoms with Crippen molar-refractivity contribution in [2.75, 3.05) is 20.3 Å². The van der Waals surface area contributed by atoms with Crippen LogP contribution in [0.15, 0.2) is 0 Å². The molecule has 0 aromatic heterocycles. The highest BCUT2D eigenvalue weighted by Crippen LogP contribution is 2.43. The summed E-state index contributed by atoms with van der Waals surface area (Å²) in [4.78, 5) is 11.1. The highest BCUT2D eigenvalue weighted by molar-refractivity contribution is 7.51. The van der Waals surface area contributed by atoms with Crippen molar-refractivity contribution in [3.8, 4) is 0 Å². The third kappa shape index (κ3) is 5.28. The molecule has 1 atom stereocenters. The van der Waals surface area contributed by atoms with Gasteiger partial charge in [0.25, 0.3) is 0 Å². The monoisotopic (exact) mass is 239 g/mol. The van der Waals surface area contributed by atoms with E-state index in [1.165, 1.54) is 14.0 Å². The average Bonchev–Trinajstić information content (AvgIpc) is 2.16. The van der Waals surface area contributed by atoms with Crippen molar-refractivity contribution in [1.29, 1.82) is 0 Å². The molecule has 0 aromatic rings. The molecular weight excluding hydrogens is 221 g/mol. The molecule has 0 unspecified atom stereocenters. The van der Waals surface area contributed by atoms with Crippen LogP contribution in [0.4, 0.5) is 0 Å². The van der Waals surface area contributed by atoms with Crippen LogP contribution in [-0.4, -0.2) is 32.3 Å². The maximum absolute atomic E-state index is 11.9. The summed E-state index contributed by atoms with van der Waals surface area (Å²) in [5.41, 5.74) is 0. The van der Waals surface area contributed by atoms with Gasteiger partial charge in [0, 0.05) is 0 Å². The van der Waals surface area contributed by atoms with Gasteiger partial charge >= 0.3 is 13.7 Å². The Morgan fingerprint density at radius 3 is 2.13 bits per heavy atom. The van der Waals surface area contributed by atoms with Crippen molar-refractivity contribution in [2.24, 2.45) is 0 Å². The SMILES string of the molecule is CCOP(=O)(N[C@@H](C)C(=O)OC)OCC. The van der Waals surface area contributed by atoms with Crippen LogP contribution < -0.4 is 5.09 Å². The molecule has 0 aliphatic carbocycles. The summed E-state index contributed by atoms with van der Waals surface area (Å²) >= 11 is 0. The molecule has 0 bridgehead atoms. The van der Waals surface area contributed by atoms with Crippen LogP contribution in [0.25, 0.3) is 0 Å². The van der Waals surface area contributed by atoms with E-state index < -0.39 is 19.8 Å². The predicted molar refractivity (Wildman–Crippen MR) is 55.5 cm³/mol. The molecule has 0 radical (unpaired) electrons. The lowest BCUT2D eigenvalue weighted by molar-refractivity contribution is -0.142. The van der Waals surface area contributed by atoms with Gasteiger partial charge in [-0.3, -0.25) is 13.8 Å². The lowest BCUT2D eigenvalue weighted by Gasteiger charge is -2.20. The normalized spacial score (nSPS) is 13.6. The van der Waals surface area contributed by atoms with Gasteiger partial charge < -0.3 is 4.74 Å². The van der Waals surface area contributed by atoms with E-state index in [9.17, 15) is 9.36 Å². The molecule has 0 aromatic carbocycles. The largest absolute Gasteiger partial charge is 0.468 e. The molecule has 1 N–H and O–H groups in total. The van der Waals surface area contributed by atoms with Gasteiger partial charge in [-0.15, -0.1) is 0 Å². The first-order valence-electron chi connectivity index (χ1n) is 4.73. The van der Waals surface area contributed by atoms with Crippen LogP contribution >= 0.6 is 7.75 Å². The highest BCUT2D eigenvalue weighted by Gasteiger charge is 2.29. The molecule has 7 heteroatoms. The molecule has 0 fully saturated rings. The van der Waals surface area contributed by atoms with Crippen LogP contribution in [0.2, 0.25) is 0 Å². The highest BCUT2D eigenvalue weighted by atomic mass is 31.2. The van der Waals surface area contributed by atoms with E-state index in [0.29, 0.717) is 0 Å². The Balaban J connectivity index is 4.40. The van der Waals surface area contributed by atoms with E-state index in [1.54, 1.807) is 13.8 Å². The van der Waals surface area contributed by atoms with E-state index in [4.69, 9.17) is 9.05 Å². The van der Waals surface area contributed by atoms with Crippen LogP contribution in [0, 0.1) is 0 Å². The summed E-state index contributed by atoms with van der Waals surface area (Å²) < 4.78 is 26.3. The zero-order valence-electron chi connectivity index (χ0n) is 9.48. The number of ether oxygens (including phenoxy) is 1. The van der Waals surface area contributed by atoms with E-state index in [-0.39, 0.29) is 13.2 Å². The Morgan fingerprint density at radius 2 is 1.80 bits per heavy atom. The molecule has 0 amide bonds. The van der Waals surface area contributed by atoms with E-state index >= 15 is 0 Å². The zero-order chi connectivity index (χ0) is 11.9. The first-order chi connectivity index (χ1) is 6.99. The van der Waals surface area contributed by atoms with Crippen LogP contribution in [0.3, 0.4) is 0 Å². The van der Waals surface area contributed by atoms with Gasteiger partial charge in [-0.1, -0.05) is 0 Å². The summed E-state index contributed by atoms with van der Waals surface area (Å²) in [6, 6.07) is -0.737. The topological polar surface area (TPSA) is 73.9 Å². The number of hydrogen-bond donors (Lipinski definition) is 1. The summed E-state index contributed by atoms with van der Waals surface area (Å²) in [7, 11) is -2.14. The van der Waals surface area contributed by atoms with Crippen molar-refractivity contribution in [3.05, 3.63) is 0 Å². The number of nitrogens with one attached hydrogen (secondary N) is 1. The minimum atomic E-state index is -3.39. The van der Waals surface area contributed by atoms with Gasteiger partial charge in [-0.25, -0.2) is 9.65 Å². The lowest BCUT2D eigenvalue weighted by atomic mass is 10.4. The summed E-state index contributed by atoms with van der Waals surface area (Å²) in [5.74, 6) is -0.519. The predicted octanol–water partition coefficient (Wildman–Crippen LogP) is 1.32. The smallest absolute Gasteiger partial charge is 0.406 e. The fraction of sp³-hybridized carbons (Fsp3) is 0.875. The number of carbonyl (C=O) groups excluding carboxylic acids is 1. The van der Waals surface area contributed by atoms with Gasteiger partial charge in [-0.2, -0.15) is 0 Å². The fourth-order valence-corrected chi connectivity index (χ4v) is 2.40. The standard InChI is InChI=1S/C8H18NO5P/c1-5-13-15(11,14-6-2)9-7(3)8(10)12-4/h7H,5-6H2,1-4H3,(H,9,11)/t7-/m0/s1. The molecule has 0 spiro atoms. The maximum Gasteiger partial charge on any atom is 0.406 e. The van der Waals surface area contributed by atoms with E-state index in [2.05, 4.69) is 9.82 Å². The Labute approximate surface area is 89.9 Å². The van der Waals surface area contributed by atoms with Gasteiger partial charge in [-0.05, 0) is 20.8 Å². The number of esters is 1. The molecule has 0 saturated carbocycles. The minimum Gasteiger partial charge on any atom is -0.468 e. The molecule has 0 aliphatic heterocycles. The van der Waals surface area contributed by atoms with Crippen LogP contribution in [0.1, 0.15) is 20.8 Å². The third-order valence-corrected chi connectivity index (χ3v) is 3.40. The van der Waals surface area contributed by atoms with Crippen LogP contribution in [-0.2, 0) is 23.1 Å². The Morgan fingerprint density at radius 1 is 1.33 bits per heavy atom. The Kier molecular flexibility index (Phi) is 6.76. The maximum atomic E-state index is 11.9. The van der Waals surface area contributed by atoms with Crippen molar-refractivity contribution in [3.63, 3.8) is 0 Å². The summed E-state index contributed by atoms with van der Waals surface area (Å²) in [5, 5.41) is 2.48. The van der Waals surface area contributed by atoms with Crippen molar-refractivity contribution in [2.45, 2.75) is 26.8 Å². The molecule has 6 nitrogen and oxygen atoms in total. The second-order valence-electron chi connectivity index (χ2n) is 2.71. The number of methoxy groups -OCH3 is 1. The molecule has 90 valence electrons. The van der Waals surface area contributed by atoms with Crippen LogP contribution in [0.5, 0.6) is 0 Å². The Hall–Kier alpha value is -0.420. The number of hydrogen-bond acceptors (Lipinski definition) is 5. The average molecular weight is 239 g/mol. The van der Waals surface area contributed by atoms with Gasteiger partial charge in [0.15, 0.2) is 0 Å². The molecule has 15 heavy (non-hydrogen) atoms. The van der Waals surface area contributed by atoms with Crippen molar-refractivity contribution < 1.29 is 23.1 Å². The van der Waals surface area contributed by atoms with Crippen molar-refractivity contribution >= 4 is 13.7 Å². The Bertz CT molecular complexity index is 235. The van der Waals surface area contributed by atoms with E-state index in [0.717, 1.165) is 0 Å². The quantitative estimate of drug-likeness (QED) is 0.533. The zero-order valence-corrected chi connectivity index (χ0v) is 10.4. The summed E-state index contributed by atoms with van der Waals surface area (Å²) in [6.07, 6.45) is 0. The minimum absolute atomic E-state index is 0.234. The molecule has 0 heterocycles. The fourth-order valence-electron chi connectivity index (χ4n) is 0.918. The summed E-state index contributed by atoms with van der Waals surface area (Å²) in [6.45, 7) is 5.37. The second-order valence-corrected chi connectivity index (χ2v) is 4.48. The molecular formula is C8H18NO5P. The number of rotatable bonds is 7. The van der Waals surface area contributed by atoms with E-state index in [1.807, 2.05) is 0 Å². The first kappa shape index (κ1) is 14.6. The van der Waals surface area contributed by atoms with Gasteiger partial charge in [0.1, 0.15) is 6.04 Å². The third-order valence-electron chi connectivity index (χ3n) is 1.50. The lowest BCUT2D eigenvalue weighted by Crippen LogP contribution is -2.33. The molecule has 0 saturated heterocycles. The van der Waals surface area contributed by atoms with Crippen molar-refractivity contribution in [1.82, 2.24) is 5.09 Å². The first-order valence-corrected chi connectivity index (χ1v) is 6.28. The second kappa shape index (κ2) is 6.95.